The number of pyridine rings is 1. The zero-order chi connectivity index (χ0) is 16.7. The first-order valence-electron chi connectivity index (χ1n) is 8.00. The van der Waals surface area contributed by atoms with E-state index in [0.717, 1.165) is 5.52 Å². The number of hydrogen-bond donors (Lipinski definition) is 1. The number of nitrogens with zero attached hydrogens (tertiary/aromatic N) is 4. The fraction of sp³-hybridized carbons (Fsp3) is 0.353. The van der Waals surface area contributed by atoms with E-state index in [1.807, 2.05) is 41.8 Å². The van der Waals surface area contributed by atoms with Crippen LogP contribution < -0.4 is 0 Å². The molecule has 1 aliphatic heterocycles. The highest BCUT2D eigenvalue weighted by Gasteiger charge is 2.44. The average Bonchev–Trinajstić information content (AvgIpc) is 3.31. The minimum absolute atomic E-state index is 0.107. The van der Waals surface area contributed by atoms with Crippen molar-refractivity contribution in [2.45, 2.75) is 25.4 Å². The molecule has 124 valence electrons. The average molecular weight is 326 g/mol. The smallest absolute Gasteiger partial charge is 0.260 e. The highest BCUT2D eigenvalue weighted by molar-refractivity contribution is 5.95. The number of likely N-dealkylation sites (tertiary alicyclic amines) is 1. The van der Waals surface area contributed by atoms with Crippen LogP contribution in [-0.2, 0) is 12.0 Å². The molecule has 0 spiro atoms. The van der Waals surface area contributed by atoms with E-state index < -0.39 is 5.60 Å². The molecule has 7 nitrogen and oxygen atoms in total. The Hall–Kier alpha value is -2.67. The number of hydrogen-bond acceptors (Lipinski definition) is 5. The number of aliphatic hydroxyl groups is 1. The first kappa shape index (κ1) is 14.9. The molecule has 7 heteroatoms. The molecule has 0 aromatic carbocycles. The molecule has 24 heavy (non-hydrogen) atoms. The largest absolute Gasteiger partial charge is 0.378 e. The van der Waals surface area contributed by atoms with Gasteiger partial charge in [0.2, 0.25) is 0 Å². The summed E-state index contributed by atoms with van der Waals surface area (Å²) in [5, 5.41) is 14.6. The topological polar surface area (TPSA) is 83.9 Å². The monoisotopic (exact) mass is 326 g/mol. The Morgan fingerprint density at radius 3 is 3.08 bits per heavy atom. The van der Waals surface area contributed by atoms with E-state index in [-0.39, 0.29) is 18.3 Å². The van der Waals surface area contributed by atoms with Crippen LogP contribution in [0.5, 0.6) is 0 Å². The van der Waals surface area contributed by atoms with Crippen molar-refractivity contribution in [3.05, 3.63) is 53.9 Å². The van der Waals surface area contributed by atoms with Crippen molar-refractivity contribution >= 4 is 11.4 Å². The normalized spacial score (nSPS) is 20.8. The Labute approximate surface area is 138 Å². The van der Waals surface area contributed by atoms with Gasteiger partial charge in [0, 0.05) is 37.3 Å². The number of fused-ring (bicyclic) bond motifs is 1. The summed E-state index contributed by atoms with van der Waals surface area (Å²) in [5.74, 6) is 0.642. The van der Waals surface area contributed by atoms with Crippen LogP contribution in [-0.4, -0.2) is 43.5 Å². The maximum absolute atomic E-state index is 12.7. The molecule has 4 rings (SSSR count). The van der Waals surface area contributed by atoms with E-state index in [9.17, 15) is 9.90 Å². The summed E-state index contributed by atoms with van der Waals surface area (Å²) in [6.45, 7) is 2.52. The standard InChI is InChI=1S/C17H18N4O3/c1-2-14-18-16(24-19-14)17(23)6-8-21(11-17)15(22)12-9-13-5-3-4-7-20(13)10-12/h3-5,7,9-10,23H,2,6,8,11H2,1H3. The second-order valence-electron chi connectivity index (χ2n) is 6.14. The SMILES string of the molecule is CCc1noc(C2(O)CCN(C(=O)c3cc4ccccn4c3)C2)n1. The van der Waals surface area contributed by atoms with Crippen molar-refractivity contribution in [2.24, 2.45) is 0 Å². The molecule has 1 amide bonds. The molecule has 0 radical (unpaired) electrons. The number of aryl methyl sites for hydroxylation is 1. The van der Waals surface area contributed by atoms with E-state index in [1.54, 1.807) is 11.1 Å². The van der Waals surface area contributed by atoms with E-state index in [2.05, 4.69) is 10.1 Å². The van der Waals surface area contributed by atoms with Crippen LogP contribution in [0.1, 0.15) is 35.4 Å². The van der Waals surface area contributed by atoms with Gasteiger partial charge in [-0.25, -0.2) is 0 Å². The van der Waals surface area contributed by atoms with Gasteiger partial charge in [-0.15, -0.1) is 0 Å². The zero-order valence-electron chi connectivity index (χ0n) is 13.3. The molecular formula is C17H18N4O3. The summed E-state index contributed by atoms with van der Waals surface area (Å²) in [6, 6.07) is 7.64. The lowest BCUT2D eigenvalue weighted by atomic mass is 10.0. The fourth-order valence-electron chi connectivity index (χ4n) is 3.08. The highest BCUT2D eigenvalue weighted by atomic mass is 16.5. The molecule has 0 aliphatic carbocycles. The number of amides is 1. The number of carbonyl (C=O) groups excluding carboxylic acids is 1. The maximum Gasteiger partial charge on any atom is 0.260 e. The number of aromatic nitrogens is 3. The number of β-amino-alcohol motifs (C(OH)–C–C–N with tert-alkyl or cyclic N) is 1. The van der Waals surface area contributed by atoms with Crippen molar-refractivity contribution in [3.8, 4) is 0 Å². The molecule has 1 N–H and O–H groups in total. The minimum Gasteiger partial charge on any atom is -0.378 e. The lowest BCUT2D eigenvalue weighted by Gasteiger charge is -2.19. The third-order valence-corrected chi connectivity index (χ3v) is 4.47. The van der Waals surface area contributed by atoms with Gasteiger partial charge in [0.25, 0.3) is 11.8 Å². The van der Waals surface area contributed by atoms with Crippen molar-refractivity contribution in [1.82, 2.24) is 19.4 Å². The summed E-state index contributed by atoms with van der Waals surface area (Å²) in [6.07, 6.45) is 4.73. The maximum atomic E-state index is 12.7. The molecule has 1 atom stereocenters. The lowest BCUT2D eigenvalue weighted by Crippen LogP contribution is -2.34. The first-order chi connectivity index (χ1) is 11.6. The third kappa shape index (κ3) is 2.37. The molecule has 0 saturated carbocycles. The van der Waals surface area contributed by atoms with Crippen molar-refractivity contribution in [1.29, 1.82) is 0 Å². The minimum atomic E-state index is -1.27. The molecule has 1 saturated heterocycles. The molecular weight excluding hydrogens is 308 g/mol. The van der Waals surface area contributed by atoms with Gasteiger partial charge in [0.15, 0.2) is 11.4 Å². The summed E-state index contributed by atoms with van der Waals surface area (Å²) in [5.41, 5.74) is 0.292. The highest BCUT2D eigenvalue weighted by Crippen LogP contribution is 2.31. The molecule has 3 aromatic heterocycles. The molecule has 3 aromatic rings. The van der Waals surface area contributed by atoms with Crippen molar-refractivity contribution < 1.29 is 14.4 Å². The van der Waals surface area contributed by atoms with Crippen LogP contribution in [0.4, 0.5) is 0 Å². The van der Waals surface area contributed by atoms with Crippen LogP contribution in [0, 0.1) is 0 Å². The van der Waals surface area contributed by atoms with Gasteiger partial charge in [0.05, 0.1) is 12.1 Å². The Morgan fingerprint density at radius 2 is 2.33 bits per heavy atom. The van der Waals surface area contributed by atoms with Gasteiger partial charge in [-0.3, -0.25) is 4.79 Å². The van der Waals surface area contributed by atoms with Crippen LogP contribution in [0.15, 0.2) is 41.2 Å². The molecule has 1 aliphatic rings. The van der Waals surface area contributed by atoms with Gasteiger partial charge >= 0.3 is 0 Å². The quantitative estimate of drug-likeness (QED) is 0.790. The lowest BCUT2D eigenvalue weighted by molar-refractivity contribution is 0.0136. The van der Waals surface area contributed by atoms with Crippen molar-refractivity contribution in [3.63, 3.8) is 0 Å². The molecule has 1 unspecified atom stereocenters. The summed E-state index contributed by atoms with van der Waals surface area (Å²) in [7, 11) is 0. The second-order valence-corrected chi connectivity index (χ2v) is 6.14. The van der Waals surface area contributed by atoms with E-state index in [1.165, 1.54) is 0 Å². The summed E-state index contributed by atoms with van der Waals surface area (Å²) >= 11 is 0. The Balaban J connectivity index is 1.56. The predicted molar refractivity (Wildman–Crippen MR) is 85.5 cm³/mol. The molecule has 4 heterocycles. The molecule has 1 fully saturated rings. The third-order valence-electron chi connectivity index (χ3n) is 4.47. The van der Waals surface area contributed by atoms with Crippen molar-refractivity contribution in [2.75, 3.05) is 13.1 Å². The van der Waals surface area contributed by atoms with Gasteiger partial charge in [0.1, 0.15) is 0 Å². The van der Waals surface area contributed by atoms with Gasteiger partial charge in [-0.2, -0.15) is 4.98 Å². The van der Waals surface area contributed by atoms with E-state index >= 15 is 0 Å². The first-order valence-corrected chi connectivity index (χ1v) is 8.00. The van der Waals surface area contributed by atoms with Crippen LogP contribution >= 0.6 is 0 Å². The van der Waals surface area contributed by atoms with E-state index in [4.69, 9.17) is 4.52 Å². The van der Waals surface area contributed by atoms with E-state index in [0.29, 0.717) is 30.8 Å². The summed E-state index contributed by atoms with van der Waals surface area (Å²) < 4.78 is 7.07. The van der Waals surface area contributed by atoms with Crippen LogP contribution in [0.2, 0.25) is 0 Å². The van der Waals surface area contributed by atoms with Gasteiger partial charge in [-0.05, 0) is 18.2 Å². The Kier molecular flexibility index (Phi) is 3.38. The fourth-order valence-corrected chi connectivity index (χ4v) is 3.08. The van der Waals surface area contributed by atoms with Gasteiger partial charge in [-0.1, -0.05) is 18.1 Å². The Morgan fingerprint density at radius 1 is 1.46 bits per heavy atom. The summed E-state index contributed by atoms with van der Waals surface area (Å²) in [4.78, 5) is 18.6. The van der Waals surface area contributed by atoms with Crippen LogP contribution in [0.25, 0.3) is 5.52 Å². The second kappa shape index (κ2) is 5.45. The number of rotatable bonds is 3. The number of carbonyl (C=O) groups is 1. The predicted octanol–water partition coefficient (Wildman–Crippen LogP) is 1.62. The van der Waals surface area contributed by atoms with Crippen LogP contribution in [0.3, 0.4) is 0 Å². The zero-order valence-corrected chi connectivity index (χ0v) is 13.3. The van der Waals surface area contributed by atoms with Gasteiger partial charge < -0.3 is 18.9 Å². The Bertz CT molecular complexity index is 867. The molecule has 0 bridgehead atoms.